The summed E-state index contributed by atoms with van der Waals surface area (Å²) in [5.74, 6) is 4.69. The Balaban J connectivity index is 1.31. The predicted molar refractivity (Wildman–Crippen MR) is 149 cm³/mol. The molecule has 0 spiro atoms. The Labute approximate surface area is 232 Å². The van der Waals surface area contributed by atoms with Gasteiger partial charge in [-0.15, -0.1) is 0 Å². The molecule has 0 bridgehead atoms. The van der Waals surface area contributed by atoms with Crippen LogP contribution >= 0.6 is 0 Å². The average Bonchev–Trinajstić information content (AvgIpc) is 3.29. The standard InChI is InChI=1S/C30H27N3O6S/c1-20-10-13-23-8-6-16-31-27(23)28(20)40(35,36)33-25-9-5-4-7-22(25)14-11-21-12-15-26(32-17-21)29(34)37-18-24-19-38-30(2,3)39-24/h4-10,12-13,15-17,24,33H,18-19H2,1-3H3. The third kappa shape index (κ3) is 6.13. The van der Waals surface area contributed by atoms with Gasteiger partial charge in [-0.3, -0.25) is 9.71 Å². The number of hydrogen-bond acceptors (Lipinski definition) is 8. The zero-order valence-electron chi connectivity index (χ0n) is 22.2. The highest BCUT2D eigenvalue weighted by Gasteiger charge is 2.33. The van der Waals surface area contributed by atoms with Gasteiger partial charge in [-0.25, -0.2) is 18.2 Å². The van der Waals surface area contributed by atoms with E-state index < -0.39 is 21.8 Å². The smallest absolute Gasteiger partial charge is 0.357 e. The molecule has 1 atom stereocenters. The molecule has 1 fully saturated rings. The molecule has 1 N–H and O–H groups in total. The topological polar surface area (TPSA) is 117 Å². The molecule has 1 unspecified atom stereocenters. The van der Waals surface area contributed by atoms with Crippen LogP contribution in [0.1, 0.15) is 41.0 Å². The van der Waals surface area contributed by atoms with E-state index in [-0.39, 0.29) is 23.3 Å². The molecule has 1 saturated heterocycles. The molecule has 40 heavy (non-hydrogen) atoms. The number of esters is 1. The van der Waals surface area contributed by atoms with Crippen molar-refractivity contribution in [3.05, 3.63) is 95.4 Å². The fourth-order valence-electron chi connectivity index (χ4n) is 4.25. The third-order valence-electron chi connectivity index (χ3n) is 6.15. The van der Waals surface area contributed by atoms with E-state index in [1.807, 2.05) is 12.1 Å². The number of aromatic nitrogens is 2. The summed E-state index contributed by atoms with van der Waals surface area (Å²) in [5, 5.41) is 0.728. The summed E-state index contributed by atoms with van der Waals surface area (Å²) in [7, 11) is -3.97. The van der Waals surface area contributed by atoms with Crippen molar-refractivity contribution in [3.63, 3.8) is 0 Å². The van der Waals surface area contributed by atoms with Gasteiger partial charge in [0, 0.05) is 28.9 Å². The lowest BCUT2D eigenvalue weighted by atomic mass is 10.1. The van der Waals surface area contributed by atoms with Crippen LogP contribution < -0.4 is 4.72 Å². The normalized spacial score (nSPS) is 16.2. The van der Waals surface area contributed by atoms with Crippen LogP contribution in [0.2, 0.25) is 0 Å². The molecular formula is C30H27N3O6S. The monoisotopic (exact) mass is 557 g/mol. The van der Waals surface area contributed by atoms with Crippen molar-refractivity contribution in [3.8, 4) is 11.8 Å². The van der Waals surface area contributed by atoms with Gasteiger partial charge < -0.3 is 14.2 Å². The predicted octanol–water partition coefficient (Wildman–Crippen LogP) is 4.45. The Hall–Kier alpha value is -4.30. The van der Waals surface area contributed by atoms with Crippen LogP contribution in [0.15, 0.2) is 78.0 Å². The maximum atomic E-state index is 13.5. The molecule has 0 saturated carbocycles. The number of hydrogen-bond donors (Lipinski definition) is 1. The van der Waals surface area contributed by atoms with Gasteiger partial charge in [0.25, 0.3) is 10.0 Å². The van der Waals surface area contributed by atoms with Crippen LogP contribution in [0, 0.1) is 18.8 Å². The van der Waals surface area contributed by atoms with Crippen LogP contribution in [0.5, 0.6) is 0 Å². The van der Waals surface area contributed by atoms with Crippen molar-refractivity contribution in [2.24, 2.45) is 0 Å². The molecule has 3 heterocycles. The summed E-state index contributed by atoms with van der Waals surface area (Å²) in [6.07, 6.45) is 2.70. The molecule has 1 aliphatic heterocycles. The van der Waals surface area contributed by atoms with Crippen molar-refractivity contribution < 1.29 is 27.4 Å². The molecule has 1 aliphatic rings. The van der Waals surface area contributed by atoms with Crippen LogP contribution in [0.25, 0.3) is 10.9 Å². The molecule has 2 aromatic heterocycles. The highest BCUT2D eigenvalue weighted by molar-refractivity contribution is 7.93. The molecule has 0 aliphatic carbocycles. The maximum Gasteiger partial charge on any atom is 0.357 e. The number of fused-ring (bicyclic) bond motifs is 1. The Kier molecular flexibility index (Phi) is 7.54. The minimum Gasteiger partial charge on any atom is -0.458 e. The number of ether oxygens (including phenoxy) is 3. The van der Waals surface area contributed by atoms with E-state index in [9.17, 15) is 13.2 Å². The molecule has 5 rings (SSSR count). The van der Waals surface area contributed by atoms with E-state index in [4.69, 9.17) is 14.2 Å². The molecule has 10 heteroatoms. The van der Waals surface area contributed by atoms with Gasteiger partial charge in [-0.05, 0) is 56.7 Å². The maximum absolute atomic E-state index is 13.5. The number of nitrogens with one attached hydrogen (secondary N) is 1. The number of pyridine rings is 2. The Bertz CT molecular complexity index is 1740. The second-order valence-corrected chi connectivity index (χ2v) is 11.3. The van der Waals surface area contributed by atoms with Crippen LogP contribution in [0.3, 0.4) is 0 Å². The molecular weight excluding hydrogens is 530 g/mol. The lowest BCUT2D eigenvalue weighted by Gasteiger charge is -2.16. The second-order valence-electron chi connectivity index (χ2n) is 9.67. The van der Waals surface area contributed by atoms with Crippen LogP contribution in [-0.2, 0) is 24.2 Å². The Morgan fingerprint density at radius 2 is 1.90 bits per heavy atom. The number of anilines is 1. The summed E-state index contributed by atoms with van der Waals surface area (Å²) in [6, 6.07) is 17.2. The summed E-state index contributed by atoms with van der Waals surface area (Å²) in [6.45, 7) is 5.74. The number of aryl methyl sites for hydroxylation is 1. The van der Waals surface area contributed by atoms with Crippen molar-refractivity contribution in [2.75, 3.05) is 17.9 Å². The number of para-hydroxylation sites is 1. The summed E-state index contributed by atoms with van der Waals surface area (Å²) in [4.78, 5) is 21.0. The average molecular weight is 558 g/mol. The Morgan fingerprint density at radius 1 is 1.07 bits per heavy atom. The highest BCUT2D eigenvalue weighted by Crippen LogP contribution is 2.28. The molecule has 4 aromatic rings. The van der Waals surface area contributed by atoms with Gasteiger partial charge in [0.05, 0.1) is 17.8 Å². The zero-order valence-corrected chi connectivity index (χ0v) is 23.0. The summed E-state index contributed by atoms with van der Waals surface area (Å²) < 4.78 is 46.0. The van der Waals surface area contributed by atoms with Crippen molar-refractivity contribution >= 4 is 32.6 Å². The van der Waals surface area contributed by atoms with E-state index in [1.54, 1.807) is 69.4 Å². The lowest BCUT2D eigenvalue weighted by Crippen LogP contribution is -2.25. The first-order chi connectivity index (χ1) is 19.1. The van der Waals surface area contributed by atoms with Crippen molar-refractivity contribution in [1.29, 1.82) is 0 Å². The van der Waals surface area contributed by atoms with E-state index >= 15 is 0 Å². The van der Waals surface area contributed by atoms with Gasteiger partial charge >= 0.3 is 5.97 Å². The lowest BCUT2D eigenvalue weighted by molar-refractivity contribution is -0.142. The molecule has 0 amide bonds. The summed E-state index contributed by atoms with van der Waals surface area (Å²) >= 11 is 0. The van der Waals surface area contributed by atoms with E-state index in [1.165, 1.54) is 12.3 Å². The van der Waals surface area contributed by atoms with Crippen LogP contribution in [0.4, 0.5) is 5.69 Å². The van der Waals surface area contributed by atoms with Crippen molar-refractivity contribution in [1.82, 2.24) is 9.97 Å². The highest BCUT2D eigenvalue weighted by atomic mass is 32.2. The number of carbonyl (C=O) groups excluding carboxylic acids is 1. The molecule has 204 valence electrons. The van der Waals surface area contributed by atoms with E-state index in [0.717, 1.165) is 5.39 Å². The number of nitrogens with zero attached hydrogens (tertiary/aromatic N) is 2. The third-order valence-corrected chi connectivity index (χ3v) is 7.69. The molecule has 0 radical (unpaired) electrons. The summed E-state index contributed by atoms with van der Waals surface area (Å²) in [5.41, 5.74) is 2.46. The number of sulfonamides is 1. The van der Waals surface area contributed by atoms with Gasteiger partial charge in [0.15, 0.2) is 5.79 Å². The number of carbonyl (C=O) groups is 1. The van der Waals surface area contributed by atoms with Crippen LogP contribution in [-0.4, -0.2) is 49.5 Å². The van der Waals surface area contributed by atoms with Gasteiger partial charge in [-0.1, -0.05) is 42.2 Å². The van der Waals surface area contributed by atoms with Crippen molar-refractivity contribution in [2.45, 2.75) is 37.6 Å². The Morgan fingerprint density at radius 3 is 2.65 bits per heavy atom. The first kappa shape index (κ1) is 27.3. The van der Waals surface area contributed by atoms with E-state index in [0.29, 0.717) is 34.5 Å². The van der Waals surface area contributed by atoms with E-state index in [2.05, 4.69) is 26.5 Å². The fraction of sp³-hybridized carbons (Fsp3) is 0.233. The van der Waals surface area contributed by atoms with Gasteiger partial charge in [0.2, 0.25) is 0 Å². The molecule has 2 aromatic carbocycles. The fourth-order valence-corrected chi connectivity index (χ4v) is 5.74. The number of rotatable bonds is 6. The minimum absolute atomic E-state index is 0.0621. The van der Waals surface area contributed by atoms with Gasteiger partial charge in [-0.2, -0.15) is 0 Å². The quantitative estimate of drug-likeness (QED) is 0.273. The minimum atomic E-state index is -3.97. The molecule has 9 nitrogen and oxygen atoms in total. The SMILES string of the molecule is Cc1ccc2cccnc2c1S(=O)(=O)Nc1ccccc1C#Cc1ccc(C(=O)OCC2COC(C)(C)O2)nc1. The number of benzene rings is 2. The van der Waals surface area contributed by atoms with Gasteiger partial charge in [0.1, 0.15) is 23.3 Å². The first-order valence-electron chi connectivity index (χ1n) is 12.5. The zero-order chi connectivity index (χ0) is 28.3. The second kappa shape index (κ2) is 11.1. The first-order valence-corrected chi connectivity index (χ1v) is 14.0. The largest absolute Gasteiger partial charge is 0.458 e.